The van der Waals surface area contributed by atoms with Crippen LogP contribution < -0.4 is 4.68 Å². The predicted octanol–water partition coefficient (Wildman–Crippen LogP) is 5.65. The van der Waals surface area contributed by atoms with Crippen LogP contribution in [0.3, 0.4) is 0 Å². The number of ketones is 1. The van der Waals surface area contributed by atoms with Gasteiger partial charge in [0.25, 0.3) is 0 Å². The van der Waals surface area contributed by atoms with Crippen LogP contribution in [0, 0.1) is 33.5 Å². The number of nitrogens with zero attached hydrogens (tertiary/aromatic N) is 3. The van der Waals surface area contributed by atoms with Crippen LogP contribution in [0.1, 0.15) is 95.8 Å². The SMILES string of the molecule is CC(=O)c1cc[n+](N=NC2C[C@]34CCC5[C@@](C)(CCC[C@@]5(C)C(=O)O)C3CC[C@@]2(C)C4)cc1. The summed E-state index contributed by atoms with van der Waals surface area (Å²) in [5, 5.41) is 19.5. The molecule has 1 aromatic rings. The zero-order valence-corrected chi connectivity index (χ0v) is 20.5. The summed E-state index contributed by atoms with van der Waals surface area (Å²) in [4.78, 5) is 23.9. The molecular weight excluding hydrogens is 414 g/mol. The third-order valence-corrected chi connectivity index (χ3v) is 10.6. The minimum atomic E-state index is -0.596. The number of pyridine rings is 1. The second kappa shape index (κ2) is 7.44. The van der Waals surface area contributed by atoms with E-state index in [1.165, 1.54) is 12.8 Å². The highest BCUT2D eigenvalue weighted by molar-refractivity contribution is 5.93. The molecule has 4 aliphatic rings. The highest BCUT2D eigenvalue weighted by Crippen LogP contribution is 2.74. The monoisotopic (exact) mass is 452 g/mol. The zero-order chi connectivity index (χ0) is 23.6. The number of hydrogen-bond acceptors (Lipinski definition) is 4. The van der Waals surface area contributed by atoms with E-state index in [2.05, 4.69) is 19.1 Å². The minimum absolute atomic E-state index is 0.0483. The zero-order valence-electron chi connectivity index (χ0n) is 20.5. The van der Waals surface area contributed by atoms with E-state index >= 15 is 0 Å². The maximum Gasteiger partial charge on any atom is 0.309 e. The summed E-state index contributed by atoms with van der Waals surface area (Å²) in [5.74, 6) is 0.304. The molecule has 1 aromatic heterocycles. The van der Waals surface area contributed by atoms with Gasteiger partial charge < -0.3 is 5.11 Å². The fraction of sp³-hybridized carbons (Fsp3) is 0.741. The van der Waals surface area contributed by atoms with Gasteiger partial charge in [-0.2, -0.15) is 0 Å². The van der Waals surface area contributed by atoms with Crippen molar-refractivity contribution in [1.82, 2.24) is 0 Å². The lowest BCUT2D eigenvalue weighted by Crippen LogP contribution is -2.58. The Balaban J connectivity index is 1.41. The van der Waals surface area contributed by atoms with Crippen LogP contribution in [0.15, 0.2) is 34.9 Å². The normalized spacial score (nSPS) is 44.3. The van der Waals surface area contributed by atoms with Crippen molar-refractivity contribution in [3.63, 3.8) is 0 Å². The van der Waals surface area contributed by atoms with Crippen molar-refractivity contribution in [3.05, 3.63) is 30.1 Å². The van der Waals surface area contributed by atoms with E-state index in [9.17, 15) is 14.7 Å². The molecule has 1 spiro atoms. The summed E-state index contributed by atoms with van der Waals surface area (Å²) in [7, 11) is 0. The van der Waals surface area contributed by atoms with Crippen LogP contribution in [-0.4, -0.2) is 22.9 Å². The second-order valence-electron chi connectivity index (χ2n) is 12.4. The van der Waals surface area contributed by atoms with Gasteiger partial charge in [-0.25, -0.2) is 0 Å². The van der Waals surface area contributed by atoms with Crippen molar-refractivity contribution in [2.75, 3.05) is 0 Å². The van der Waals surface area contributed by atoms with Crippen molar-refractivity contribution >= 4 is 11.8 Å². The average Bonchev–Trinajstić information content (AvgIpc) is 2.96. The van der Waals surface area contributed by atoms with Gasteiger partial charge in [0.2, 0.25) is 0 Å². The third-order valence-electron chi connectivity index (χ3n) is 10.6. The Morgan fingerprint density at radius 3 is 2.39 bits per heavy atom. The molecule has 178 valence electrons. The van der Waals surface area contributed by atoms with E-state index in [0.717, 1.165) is 44.9 Å². The molecular formula is C27H38N3O3+. The van der Waals surface area contributed by atoms with Crippen LogP contribution in [-0.2, 0) is 4.79 Å². The maximum atomic E-state index is 12.3. The molecule has 3 unspecified atom stereocenters. The van der Waals surface area contributed by atoms with Crippen molar-refractivity contribution in [2.45, 2.75) is 91.5 Å². The summed E-state index contributed by atoms with van der Waals surface area (Å²) in [6.07, 6.45) is 13.3. The van der Waals surface area contributed by atoms with Gasteiger partial charge in [0.05, 0.1) is 5.41 Å². The van der Waals surface area contributed by atoms with E-state index in [1.807, 2.05) is 6.92 Å². The smallest absolute Gasteiger partial charge is 0.309 e. The number of carboxylic acids is 1. The topological polar surface area (TPSA) is 83.0 Å². The number of fused-ring (bicyclic) bond motifs is 3. The van der Waals surface area contributed by atoms with Gasteiger partial charge in [0.15, 0.2) is 11.8 Å². The minimum Gasteiger partial charge on any atom is -0.481 e. The van der Waals surface area contributed by atoms with Crippen LogP contribution in [0.25, 0.3) is 0 Å². The molecule has 0 amide bonds. The summed E-state index contributed by atoms with van der Waals surface area (Å²) >= 11 is 0. The molecule has 33 heavy (non-hydrogen) atoms. The van der Waals surface area contributed by atoms with E-state index in [4.69, 9.17) is 5.11 Å². The van der Waals surface area contributed by atoms with E-state index in [-0.39, 0.29) is 34.0 Å². The Kier molecular flexibility index (Phi) is 5.11. The fourth-order valence-electron chi connectivity index (χ4n) is 9.00. The van der Waals surface area contributed by atoms with Gasteiger partial charge in [-0.3, -0.25) is 9.59 Å². The molecule has 1 N–H and O–H groups in total. The lowest BCUT2D eigenvalue weighted by atomic mass is 9.40. The van der Waals surface area contributed by atoms with Crippen molar-refractivity contribution in [1.29, 1.82) is 0 Å². The number of aromatic nitrogens is 1. The maximum absolute atomic E-state index is 12.3. The number of carbonyl (C=O) groups excluding carboxylic acids is 1. The first-order chi connectivity index (χ1) is 15.5. The van der Waals surface area contributed by atoms with Crippen LogP contribution in [0.4, 0.5) is 0 Å². The second-order valence-corrected chi connectivity index (χ2v) is 12.4. The van der Waals surface area contributed by atoms with E-state index < -0.39 is 11.4 Å². The summed E-state index contributed by atoms with van der Waals surface area (Å²) in [5.41, 5.74) is 0.623. The molecule has 2 bridgehead atoms. The molecule has 4 fully saturated rings. The van der Waals surface area contributed by atoms with E-state index in [0.29, 0.717) is 11.5 Å². The Hall–Kier alpha value is -2.11. The first-order valence-electron chi connectivity index (χ1n) is 12.7. The van der Waals surface area contributed by atoms with Gasteiger partial charge >= 0.3 is 5.97 Å². The average molecular weight is 453 g/mol. The van der Waals surface area contributed by atoms with Gasteiger partial charge in [-0.1, -0.05) is 20.3 Å². The van der Waals surface area contributed by atoms with Gasteiger partial charge in [0.1, 0.15) is 17.6 Å². The molecule has 7 atom stereocenters. The van der Waals surface area contributed by atoms with Crippen molar-refractivity contribution in [2.24, 2.45) is 43.8 Å². The summed E-state index contributed by atoms with van der Waals surface area (Å²) < 4.78 is 1.70. The number of aliphatic carboxylic acids is 1. The largest absolute Gasteiger partial charge is 0.481 e. The first-order valence-corrected chi connectivity index (χ1v) is 12.7. The number of hydrogen-bond donors (Lipinski definition) is 1. The molecule has 1 heterocycles. The van der Waals surface area contributed by atoms with Crippen LogP contribution >= 0.6 is 0 Å². The van der Waals surface area contributed by atoms with Gasteiger partial charge in [-0.05, 0) is 93.6 Å². The molecule has 0 radical (unpaired) electrons. The molecule has 6 nitrogen and oxygen atoms in total. The first kappa shape index (κ1) is 22.7. The van der Waals surface area contributed by atoms with Gasteiger partial charge in [0, 0.05) is 22.5 Å². The Morgan fingerprint density at radius 2 is 1.73 bits per heavy atom. The third kappa shape index (κ3) is 3.30. The van der Waals surface area contributed by atoms with Crippen LogP contribution in [0.5, 0.6) is 0 Å². The Labute approximate surface area is 196 Å². The number of Topliss-reactive ketones (excluding diaryl/α,β-unsaturated/α-hetero) is 1. The van der Waals surface area contributed by atoms with Crippen LogP contribution in [0.2, 0.25) is 0 Å². The molecule has 4 aliphatic carbocycles. The van der Waals surface area contributed by atoms with Crippen molar-refractivity contribution in [3.8, 4) is 0 Å². The number of rotatable bonds is 4. The highest BCUT2D eigenvalue weighted by atomic mass is 16.4. The molecule has 0 aliphatic heterocycles. The lowest BCUT2D eigenvalue weighted by molar-refractivity contribution is -0.686. The molecule has 6 heteroatoms. The quantitative estimate of drug-likeness (QED) is 0.364. The molecule has 5 rings (SSSR count). The fourth-order valence-corrected chi connectivity index (χ4v) is 9.00. The van der Waals surface area contributed by atoms with Crippen molar-refractivity contribution < 1.29 is 19.4 Å². The molecule has 0 saturated heterocycles. The Bertz CT molecular complexity index is 1010. The lowest BCUT2D eigenvalue weighted by Gasteiger charge is -2.63. The number of carboxylic acid groups (broad SMARTS) is 1. The van der Waals surface area contributed by atoms with Gasteiger partial charge in [-0.15, -0.1) is 4.68 Å². The van der Waals surface area contributed by atoms with E-state index in [1.54, 1.807) is 36.1 Å². The highest BCUT2D eigenvalue weighted by Gasteiger charge is 2.69. The summed E-state index contributed by atoms with van der Waals surface area (Å²) in [6.45, 7) is 8.40. The number of carbonyl (C=O) groups is 2. The standard InChI is InChI=1S/C27H37N3O3/c1-18(31)19-8-14-30(15-9-19)29-28-22-16-27-13-7-20-25(3,10-5-11-26(20,4)23(32)33)21(27)6-12-24(22,2)17-27/h8-9,14-15,20-22H,5-7,10-13,16-17H2,1-4H3/p+1/t20?,21?,22?,24-,25+,26+,27-/m0/s1. The molecule has 4 saturated carbocycles. The predicted molar refractivity (Wildman–Crippen MR) is 124 cm³/mol. The molecule has 0 aromatic carbocycles. The Morgan fingerprint density at radius 1 is 1.03 bits per heavy atom. The summed E-state index contributed by atoms with van der Waals surface area (Å²) in [6, 6.07) is 3.77.